The summed E-state index contributed by atoms with van der Waals surface area (Å²) in [6, 6.07) is 4.06. The van der Waals surface area contributed by atoms with Gasteiger partial charge in [-0.1, -0.05) is 0 Å². The van der Waals surface area contributed by atoms with Gasteiger partial charge in [0.15, 0.2) is 5.60 Å². The van der Waals surface area contributed by atoms with E-state index in [1.54, 1.807) is 0 Å². The zero-order valence-corrected chi connectivity index (χ0v) is 16.7. The molecule has 1 aromatic carbocycles. The van der Waals surface area contributed by atoms with Gasteiger partial charge in [0.1, 0.15) is 23.7 Å². The predicted molar refractivity (Wildman–Crippen MR) is 98.9 cm³/mol. The van der Waals surface area contributed by atoms with E-state index < -0.39 is 46.9 Å². The summed E-state index contributed by atoms with van der Waals surface area (Å²) in [6.45, 7) is -0.948. The fourth-order valence-corrected chi connectivity index (χ4v) is 3.42. The number of pyridine rings is 1. The van der Waals surface area contributed by atoms with Crippen LogP contribution < -0.4 is 0 Å². The summed E-state index contributed by atoms with van der Waals surface area (Å²) in [5.74, 6) is -7.09. The second-order valence-electron chi connectivity index (χ2n) is 6.31. The average molecular weight is 457 g/mol. The maximum atomic E-state index is 15.5. The van der Waals surface area contributed by atoms with Crippen LogP contribution in [-0.2, 0) is 27.6 Å². The van der Waals surface area contributed by atoms with Crippen molar-refractivity contribution in [3.8, 4) is 0 Å². The van der Waals surface area contributed by atoms with E-state index in [-0.39, 0.29) is 5.75 Å². The van der Waals surface area contributed by atoms with Gasteiger partial charge in [-0.05, 0) is 34.7 Å². The molecule has 1 atom stereocenters. The molecule has 0 saturated heterocycles. The first-order chi connectivity index (χ1) is 14.7. The summed E-state index contributed by atoms with van der Waals surface area (Å²) in [5.41, 5.74) is -4.96. The molecule has 31 heavy (non-hydrogen) atoms. The Labute approximate surface area is 177 Å². The number of methoxy groups -OCH3 is 1. The molecular weight excluding hydrogens is 442 g/mol. The standard InChI is InChI=1S/C18H15F4N5O3S/c1-30-16(28)8-31-12-3-5-15(23-7-12)18(21,22)17(29,9-27-10-24-25-26-27)13-4-2-11(19)6-14(13)20/h2-7,10,29H,8-9H2,1H3. The number of rotatable bonds is 8. The lowest BCUT2D eigenvalue weighted by Gasteiger charge is -2.35. The van der Waals surface area contributed by atoms with Crippen molar-refractivity contribution >= 4 is 17.7 Å². The van der Waals surface area contributed by atoms with Gasteiger partial charge in [0, 0.05) is 22.7 Å². The second-order valence-corrected chi connectivity index (χ2v) is 7.36. The van der Waals surface area contributed by atoms with Crippen LogP contribution in [-0.4, -0.2) is 49.1 Å². The molecular formula is C18H15F4N5O3S. The average Bonchev–Trinajstić information content (AvgIpc) is 3.24. The molecule has 0 amide bonds. The number of hydrogen-bond donors (Lipinski definition) is 1. The topological polar surface area (TPSA) is 103 Å². The highest BCUT2D eigenvalue weighted by atomic mass is 32.2. The maximum Gasteiger partial charge on any atom is 0.323 e. The second kappa shape index (κ2) is 8.98. The van der Waals surface area contributed by atoms with Crippen LogP contribution >= 0.6 is 11.8 Å². The van der Waals surface area contributed by atoms with Crippen LogP contribution in [0.15, 0.2) is 47.8 Å². The fraction of sp³-hybridized carbons (Fsp3) is 0.278. The third kappa shape index (κ3) is 4.66. The highest BCUT2D eigenvalue weighted by Crippen LogP contribution is 2.46. The number of aromatic nitrogens is 5. The molecule has 0 fully saturated rings. The van der Waals surface area contributed by atoms with E-state index in [2.05, 4.69) is 25.2 Å². The zero-order valence-electron chi connectivity index (χ0n) is 15.9. The highest BCUT2D eigenvalue weighted by Gasteiger charge is 2.57. The van der Waals surface area contributed by atoms with Crippen LogP contribution in [0.25, 0.3) is 0 Å². The van der Waals surface area contributed by atoms with Gasteiger partial charge in [0.25, 0.3) is 0 Å². The molecule has 8 nitrogen and oxygen atoms in total. The highest BCUT2D eigenvalue weighted by molar-refractivity contribution is 8.00. The Kier molecular flexibility index (Phi) is 6.55. The molecule has 3 aromatic rings. The largest absolute Gasteiger partial charge is 0.468 e. The molecule has 13 heteroatoms. The Morgan fingerprint density at radius 1 is 1.26 bits per heavy atom. The summed E-state index contributed by atoms with van der Waals surface area (Å²) in [6.07, 6.45) is 2.04. The van der Waals surface area contributed by atoms with E-state index in [9.17, 15) is 18.7 Å². The molecule has 0 aliphatic rings. The van der Waals surface area contributed by atoms with Crippen molar-refractivity contribution in [1.29, 1.82) is 0 Å². The number of esters is 1. The number of ether oxygens (including phenoxy) is 1. The van der Waals surface area contributed by atoms with Crippen molar-refractivity contribution in [3.63, 3.8) is 0 Å². The minimum absolute atomic E-state index is 0.0576. The summed E-state index contributed by atoms with van der Waals surface area (Å²) >= 11 is 1.01. The van der Waals surface area contributed by atoms with Crippen molar-refractivity contribution in [2.24, 2.45) is 0 Å². The van der Waals surface area contributed by atoms with Crippen LogP contribution in [0.2, 0.25) is 0 Å². The van der Waals surface area contributed by atoms with Gasteiger partial charge in [0.2, 0.25) is 0 Å². The van der Waals surface area contributed by atoms with Crippen molar-refractivity contribution in [1.82, 2.24) is 25.2 Å². The van der Waals surface area contributed by atoms with Crippen LogP contribution in [0, 0.1) is 11.6 Å². The van der Waals surface area contributed by atoms with Gasteiger partial charge >= 0.3 is 11.9 Å². The lowest BCUT2D eigenvalue weighted by atomic mass is 9.84. The maximum absolute atomic E-state index is 15.5. The Morgan fingerprint density at radius 3 is 2.61 bits per heavy atom. The van der Waals surface area contributed by atoms with E-state index in [1.165, 1.54) is 13.2 Å². The van der Waals surface area contributed by atoms with E-state index in [1.807, 2.05) is 0 Å². The smallest absolute Gasteiger partial charge is 0.323 e. The van der Waals surface area contributed by atoms with Gasteiger partial charge in [-0.15, -0.1) is 16.9 Å². The summed E-state index contributed by atoms with van der Waals surface area (Å²) in [7, 11) is 1.21. The molecule has 0 saturated carbocycles. The van der Waals surface area contributed by atoms with E-state index in [0.29, 0.717) is 11.0 Å². The monoisotopic (exact) mass is 457 g/mol. The number of thioether (sulfide) groups is 1. The van der Waals surface area contributed by atoms with Crippen molar-refractivity contribution in [2.45, 2.75) is 23.0 Å². The van der Waals surface area contributed by atoms with E-state index >= 15 is 8.78 Å². The molecule has 0 aliphatic heterocycles. The van der Waals surface area contributed by atoms with Crippen molar-refractivity contribution in [3.05, 3.63) is 65.7 Å². The molecule has 164 valence electrons. The van der Waals surface area contributed by atoms with Crippen molar-refractivity contribution < 1.29 is 32.2 Å². The van der Waals surface area contributed by atoms with Gasteiger partial charge in [-0.25, -0.2) is 13.5 Å². The molecule has 2 aromatic heterocycles. The number of nitrogens with zero attached hydrogens (tertiary/aromatic N) is 5. The third-order valence-electron chi connectivity index (χ3n) is 4.32. The van der Waals surface area contributed by atoms with Gasteiger partial charge in [-0.2, -0.15) is 8.78 Å². The molecule has 2 heterocycles. The van der Waals surface area contributed by atoms with Gasteiger partial charge in [0.05, 0.1) is 19.4 Å². The molecule has 0 radical (unpaired) electrons. The fourth-order valence-electron chi connectivity index (χ4n) is 2.73. The SMILES string of the molecule is COC(=O)CSc1ccc(C(F)(F)C(O)(Cn2cnnn2)c2ccc(F)cc2F)nc1. The first-order valence-corrected chi connectivity index (χ1v) is 9.58. The molecule has 1 unspecified atom stereocenters. The quantitative estimate of drug-likeness (QED) is 0.312. The number of carbonyl (C=O) groups is 1. The molecule has 0 spiro atoms. The van der Waals surface area contributed by atoms with Gasteiger partial charge < -0.3 is 9.84 Å². The minimum Gasteiger partial charge on any atom is -0.468 e. The van der Waals surface area contributed by atoms with Crippen LogP contribution in [0.5, 0.6) is 0 Å². The number of benzene rings is 1. The summed E-state index contributed by atoms with van der Waals surface area (Å²) in [4.78, 5) is 15.3. The zero-order chi connectivity index (χ0) is 22.6. The molecule has 0 aliphatic carbocycles. The summed E-state index contributed by atoms with van der Waals surface area (Å²) in [5, 5.41) is 21.1. The lowest BCUT2D eigenvalue weighted by molar-refractivity contribution is -0.207. The Balaban J connectivity index is 2.00. The normalized spacial score (nSPS) is 13.6. The van der Waals surface area contributed by atoms with E-state index in [0.717, 1.165) is 47.2 Å². The van der Waals surface area contributed by atoms with E-state index in [4.69, 9.17) is 0 Å². The first kappa shape index (κ1) is 22.6. The lowest BCUT2D eigenvalue weighted by Crippen LogP contribution is -2.48. The van der Waals surface area contributed by atoms with Crippen LogP contribution in [0.4, 0.5) is 17.6 Å². The van der Waals surface area contributed by atoms with Crippen LogP contribution in [0.1, 0.15) is 11.3 Å². The van der Waals surface area contributed by atoms with Crippen LogP contribution in [0.3, 0.4) is 0 Å². The third-order valence-corrected chi connectivity index (χ3v) is 5.28. The minimum atomic E-state index is -4.15. The number of halogens is 4. The Hall–Kier alpha value is -3.06. The number of tetrazole rings is 1. The number of hydrogen-bond acceptors (Lipinski definition) is 8. The first-order valence-electron chi connectivity index (χ1n) is 8.60. The van der Waals surface area contributed by atoms with Crippen molar-refractivity contribution in [2.75, 3.05) is 12.9 Å². The Bertz CT molecular complexity index is 1050. The number of aliphatic hydroxyl groups is 1. The molecule has 3 rings (SSSR count). The predicted octanol–water partition coefficient (Wildman–Crippen LogP) is 2.29. The summed E-state index contributed by atoms with van der Waals surface area (Å²) < 4.78 is 64.1. The molecule has 0 bridgehead atoms. The molecule has 1 N–H and O–H groups in total. The number of carbonyl (C=O) groups excluding carboxylic acids is 1. The van der Waals surface area contributed by atoms with Gasteiger partial charge in [-0.3, -0.25) is 9.78 Å². The number of alkyl halides is 2. The Morgan fingerprint density at radius 2 is 2.03 bits per heavy atom.